The van der Waals surface area contributed by atoms with Gasteiger partial charge in [0.15, 0.2) is 0 Å². The lowest BCUT2D eigenvalue weighted by Gasteiger charge is -2.20. The Labute approximate surface area is 506 Å². The molecule has 0 heterocycles. The van der Waals surface area contributed by atoms with E-state index in [-0.39, 0.29) is 18.5 Å². The van der Waals surface area contributed by atoms with Crippen molar-refractivity contribution < 1.29 is 24.5 Å². The molecule has 6 heteroatoms. The molecular formula is C75H143NO5. The number of allylic oxidation sites excluding steroid dienone is 5. The molecule has 0 radical (unpaired) electrons. The van der Waals surface area contributed by atoms with Gasteiger partial charge in [-0.1, -0.05) is 365 Å². The van der Waals surface area contributed by atoms with Gasteiger partial charge in [0, 0.05) is 12.8 Å². The first-order chi connectivity index (χ1) is 40.0. The minimum atomic E-state index is -0.850. The van der Waals surface area contributed by atoms with Gasteiger partial charge in [0.25, 0.3) is 0 Å². The van der Waals surface area contributed by atoms with Crippen molar-refractivity contribution in [3.63, 3.8) is 0 Å². The molecule has 6 nitrogen and oxygen atoms in total. The summed E-state index contributed by atoms with van der Waals surface area (Å²) in [6, 6.07) is -0.634. The standard InChI is InChI=1S/C75H143NO5/c1-3-5-7-9-11-13-15-17-19-21-23-32-35-39-43-47-51-55-59-63-67-73(78)72(71-77)76-74(79)68-64-60-56-52-48-44-40-36-33-29-27-25-24-26-28-30-34-38-42-46-50-54-58-62-66-70-81-75(80)69-65-61-57-53-49-45-41-37-31-22-20-18-16-14-12-10-8-6-4-2/h25-28,63,67,72-73,77-78H,3-24,29-62,64-66,68-71H2,1-2H3,(H,76,79)/b27-25-,28-26-,67-63+. The fourth-order valence-electron chi connectivity index (χ4n) is 11.6. The highest BCUT2D eigenvalue weighted by atomic mass is 16.5. The summed E-state index contributed by atoms with van der Waals surface area (Å²) in [4.78, 5) is 24.6. The summed E-state index contributed by atoms with van der Waals surface area (Å²) in [5.74, 6) is -0.0566. The van der Waals surface area contributed by atoms with Crippen molar-refractivity contribution in [2.24, 2.45) is 0 Å². The number of ether oxygens (including phenoxy) is 1. The Morgan fingerprint density at radius 1 is 0.346 bits per heavy atom. The summed E-state index contributed by atoms with van der Waals surface area (Å²) in [6.07, 6.45) is 90.9. The van der Waals surface area contributed by atoms with E-state index in [0.29, 0.717) is 19.4 Å². The lowest BCUT2D eigenvalue weighted by Crippen LogP contribution is -2.45. The Hall–Kier alpha value is -1.92. The molecule has 0 saturated heterocycles. The predicted octanol–water partition coefficient (Wildman–Crippen LogP) is 23.9. The molecule has 0 aromatic rings. The van der Waals surface area contributed by atoms with Crippen LogP contribution in [0.3, 0.4) is 0 Å². The normalized spacial score (nSPS) is 12.7. The van der Waals surface area contributed by atoms with Crippen LogP contribution in [-0.4, -0.2) is 47.4 Å². The lowest BCUT2D eigenvalue weighted by molar-refractivity contribution is -0.143. The topological polar surface area (TPSA) is 95.9 Å². The number of hydrogen-bond acceptors (Lipinski definition) is 5. The van der Waals surface area contributed by atoms with Crippen LogP contribution in [0, 0.1) is 0 Å². The summed E-state index contributed by atoms with van der Waals surface area (Å²) in [5.41, 5.74) is 0. The molecule has 2 unspecified atom stereocenters. The van der Waals surface area contributed by atoms with Gasteiger partial charge in [-0.3, -0.25) is 9.59 Å². The molecule has 0 aromatic heterocycles. The summed E-state index contributed by atoms with van der Waals surface area (Å²) >= 11 is 0. The number of aliphatic hydroxyl groups excluding tert-OH is 2. The highest BCUT2D eigenvalue weighted by molar-refractivity contribution is 5.76. The molecule has 0 aromatic carbocycles. The molecule has 0 bridgehead atoms. The van der Waals surface area contributed by atoms with Crippen LogP contribution in [0.15, 0.2) is 36.5 Å². The van der Waals surface area contributed by atoms with Crippen LogP contribution in [-0.2, 0) is 14.3 Å². The van der Waals surface area contributed by atoms with E-state index in [9.17, 15) is 19.8 Å². The van der Waals surface area contributed by atoms with Gasteiger partial charge < -0.3 is 20.3 Å². The van der Waals surface area contributed by atoms with Crippen LogP contribution < -0.4 is 5.32 Å². The van der Waals surface area contributed by atoms with Gasteiger partial charge in [0.1, 0.15) is 0 Å². The molecule has 0 aliphatic rings. The van der Waals surface area contributed by atoms with E-state index in [1.165, 1.54) is 334 Å². The van der Waals surface area contributed by atoms with Gasteiger partial charge >= 0.3 is 5.97 Å². The highest BCUT2D eigenvalue weighted by Crippen LogP contribution is 2.19. The number of carbonyl (C=O) groups excluding carboxylic acids is 2. The maximum atomic E-state index is 12.5. The van der Waals surface area contributed by atoms with E-state index in [0.717, 1.165) is 44.9 Å². The fourth-order valence-corrected chi connectivity index (χ4v) is 11.6. The zero-order chi connectivity index (χ0) is 58.5. The van der Waals surface area contributed by atoms with Crippen molar-refractivity contribution in [1.82, 2.24) is 5.32 Å². The van der Waals surface area contributed by atoms with E-state index in [4.69, 9.17) is 4.74 Å². The first kappa shape index (κ1) is 79.1. The van der Waals surface area contributed by atoms with Crippen LogP contribution in [0.2, 0.25) is 0 Å². The Balaban J connectivity index is 3.43. The first-order valence-corrected chi connectivity index (χ1v) is 36.8. The second-order valence-electron chi connectivity index (χ2n) is 25.3. The quantitative estimate of drug-likeness (QED) is 0.0320. The molecule has 0 saturated carbocycles. The minimum Gasteiger partial charge on any atom is -0.466 e. The number of amides is 1. The van der Waals surface area contributed by atoms with Gasteiger partial charge in [0.05, 0.1) is 25.4 Å². The molecule has 0 fully saturated rings. The third kappa shape index (κ3) is 67.1. The first-order valence-electron chi connectivity index (χ1n) is 36.8. The predicted molar refractivity (Wildman–Crippen MR) is 356 cm³/mol. The Bertz CT molecular complexity index is 1310. The largest absolute Gasteiger partial charge is 0.466 e. The van der Waals surface area contributed by atoms with Crippen LogP contribution in [0.1, 0.15) is 406 Å². The van der Waals surface area contributed by atoms with E-state index >= 15 is 0 Å². The highest BCUT2D eigenvalue weighted by Gasteiger charge is 2.18. The average molecular weight is 1140 g/mol. The summed E-state index contributed by atoms with van der Waals surface area (Å²) in [6.45, 7) is 4.94. The molecule has 81 heavy (non-hydrogen) atoms. The number of aliphatic hydroxyl groups is 2. The molecule has 478 valence electrons. The maximum absolute atomic E-state index is 12.5. The van der Waals surface area contributed by atoms with Gasteiger partial charge in [-0.15, -0.1) is 0 Å². The average Bonchev–Trinajstić information content (AvgIpc) is 3.47. The molecule has 0 aliphatic carbocycles. The van der Waals surface area contributed by atoms with E-state index < -0.39 is 12.1 Å². The molecule has 0 aliphatic heterocycles. The number of unbranched alkanes of at least 4 members (excludes halogenated alkanes) is 54. The van der Waals surface area contributed by atoms with Crippen molar-refractivity contribution >= 4 is 11.9 Å². The summed E-state index contributed by atoms with van der Waals surface area (Å²) < 4.78 is 5.51. The van der Waals surface area contributed by atoms with Crippen LogP contribution in [0.5, 0.6) is 0 Å². The minimum absolute atomic E-state index is 0.0140. The van der Waals surface area contributed by atoms with E-state index in [2.05, 4.69) is 43.5 Å². The van der Waals surface area contributed by atoms with Crippen molar-refractivity contribution in [3.8, 4) is 0 Å². The monoisotopic (exact) mass is 1140 g/mol. The molecule has 1 amide bonds. The Kier molecular flexibility index (Phi) is 68.9. The second-order valence-corrected chi connectivity index (χ2v) is 25.3. The fraction of sp³-hybridized carbons (Fsp3) is 0.893. The summed E-state index contributed by atoms with van der Waals surface area (Å²) in [7, 11) is 0. The number of hydrogen-bond donors (Lipinski definition) is 3. The maximum Gasteiger partial charge on any atom is 0.305 e. The SMILES string of the molecule is CCCCCCCCCCCCCCCCCCCC/C=C/C(O)C(CO)NC(=O)CCCCCCCCCCC/C=C\C/C=C\CCCCCCCCCCCOC(=O)CCCCCCCCCCCCCCCCCCCCC. The number of carbonyl (C=O) groups is 2. The molecule has 3 N–H and O–H groups in total. The van der Waals surface area contributed by atoms with Gasteiger partial charge in [-0.25, -0.2) is 0 Å². The zero-order valence-corrected chi connectivity index (χ0v) is 54.8. The Morgan fingerprint density at radius 3 is 0.938 bits per heavy atom. The Morgan fingerprint density at radius 2 is 0.617 bits per heavy atom. The number of rotatable bonds is 69. The third-order valence-corrected chi connectivity index (χ3v) is 17.2. The van der Waals surface area contributed by atoms with Gasteiger partial charge in [0.2, 0.25) is 5.91 Å². The van der Waals surface area contributed by atoms with Gasteiger partial charge in [-0.05, 0) is 64.2 Å². The lowest BCUT2D eigenvalue weighted by atomic mass is 10.0. The van der Waals surface area contributed by atoms with Crippen LogP contribution >= 0.6 is 0 Å². The molecular weight excluding hydrogens is 995 g/mol. The van der Waals surface area contributed by atoms with Crippen molar-refractivity contribution in [2.45, 2.75) is 418 Å². The molecule has 0 spiro atoms. The van der Waals surface area contributed by atoms with Crippen molar-refractivity contribution in [1.29, 1.82) is 0 Å². The van der Waals surface area contributed by atoms with Gasteiger partial charge in [-0.2, -0.15) is 0 Å². The number of esters is 1. The van der Waals surface area contributed by atoms with Crippen molar-refractivity contribution in [2.75, 3.05) is 13.2 Å². The summed E-state index contributed by atoms with van der Waals surface area (Å²) in [5, 5.41) is 23.2. The third-order valence-electron chi connectivity index (χ3n) is 17.2. The molecule has 2 atom stereocenters. The smallest absolute Gasteiger partial charge is 0.305 e. The van der Waals surface area contributed by atoms with Crippen LogP contribution in [0.4, 0.5) is 0 Å². The van der Waals surface area contributed by atoms with E-state index in [1.54, 1.807) is 6.08 Å². The zero-order valence-electron chi connectivity index (χ0n) is 54.8. The molecule has 0 rings (SSSR count). The second kappa shape index (κ2) is 70.6. The van der Waals surface area contributed by atoms with Crippen LogP contribution in [0.25, 0.3) is 0 Å². The number of nitrogens with one attached hydrogen (secondary N) is 1. The van der Waals surface area contributed by atoms with E-state index in [1.807, 2.05) is 6.08 Å². The van der Waals surface area contributed by atoms with Crippen molar-refractivity contribution in [3.05, 3.63) is 36.5 Å².